The summed E-state index contributed by atoms with van der Waals surface area (Å²) in [5.41, 5.74) is 5.07. The summed E-state index contributed by atoms with van der Waals surface area (Å²) in [4.78, 5) is 12.4. The summed E-state index contributed by atoms with van der Waals surface area (Å²) < 4.78 is 0. The summed E-state index contributed by atoms with van der Waals surface area (Å²) in [5.74, 6) is 0.0717. The molecule has 0 saturated carbocycles. The fourth-order valence-electron chi connectivity index (χ4n) is 2.23. The van der Waals surface area contributed by atoms with Crippen LogP contribution in [0.1, 0.15) is 32.6 Å². The second-order valence-electron chi connectivity index (χ2n) is 4.95. The van der Waals surface area contributed by atoms with Gasteiger partial charge in [0.15, 0.2) is 5.78 Å². The zero-order valence-electron chi connectivity index (χ0n) is 11.5. The maximum Gasteiger partial charge on any atom is 0.168 e. The Bertz CT molecular complexity index is 609. The van der Waals surface area contributed by atoms with Crippen LogP contribution >= 0.6 is 11.6 Å². The first-order valence-electron chi connectivity index (χ1n) is 6.33. The van der Waals surface area contributed by atoms with Gasteiger partial charge in [0, 0.05) is 12.0 Å². The predicted molar refractivity (Wildman–Crippen MR) is 80.1 cm³/mol. The monoisotopic (exact) mass is 272 g/mol. The highest BCUT2D eigenvalue weighted by Crippen LogP contribution is 2.21. The maximum atomic E-state index is 12.4. The molecule has 0 aliphatic rings. The highest BCUT2D eigenvalue weighted by Gasteiger charge is 2.13. The normalized spacial score (nSPS) is 10.5. The Balaban J connectivity index is 2.31. The molecule has 2 rings (SSSR count). The molecule has 0 radical (unpaired) electrons. The molecule has 2 heteroatoms. The van der Waals surface area contributed by atoms with Crippen LogP contribution in [-0.2, 0) is 6.42 Å². The molecule has 0 heterocycles. The Labute approximate surface area is 119 Å². The molecule has 98 valence electrons. The first kappa shape index (κ1) is 13.8. The molecule has 0 fully saturated rings. The predicted octanol–water partition coefficient (Wildman–Crippen LogP) is 4.69. The topological polar surface area (TPSA) is 17.1 Å². The summed E-state index contributed by atoms with van der Waals surface area (Å²) in [5, 5.41) is 0.538. The SMILES string of the molecule is Cc1ccc(C(=O)Cc2c(C)cccc2C)c(Cl)c1. The van der Waals surface area contributed by atoms with Gasteiger partial charge in [0.05, 0.1) is 5.02 Å². The van der Waals surface area contributed by atoms with Crippen LogP contribution in [0.4, 0.5) is 0 Å². The van der Waals surface area contributed by atoms with Gasteiger partial charge in [-0.25, -0.2) is 0 Å². The number of carbonyl (C=O) groups is 1. The lowest BCUT2D eigenvalue weighted by Crippen LogP contribution is -2.07. The van der Waals surface area contributed by atoms with Crippen LogP contribution in [0.25, 0.3) is 0 Å². The molecule has 0 atom stereocenters. The minimum Gasteiger partial charge on any atom is -0.294 e. The second-order valence-corrected chi connectivity index (χ2v) is 5.36. The van der Waals surface area contributed by atoms with Gasteiger partial charge < -0.3 is 0 Å². The third-order valence-corrected chi connectivity index (χ3v) is 3.72. The minimum atomic E-state index is 0.0717. The Hall–Kier alpha value is -1.60. The van der Waals surface area contributed by atoms with Gasteiger partial charge in [-0.15, -0.1) is 0 Å². The van der Waals surface area contributed by atoms with E-state index in [1.54, 1.807) is 0 Å². The Morgan fingerprint density at radius 3 is 2.26 bits per heavy atom. The van der Waals surface area contributed by atoms with Crippen molar-refractivity contribution >= 4 is 17.4 Å². The average molecular weight is 273 g/mol. The lowest BCUT2D eigenvalue weighted by atomic mass is 9.95. The van der Waals surface area contributed by atoms with Crippen LogP contribution in [-0.4, -0.2) is 5.78 Å². The van der Waals surface area contributed by atoms with Crippen molar-refractivity contribution in [2.45, 2.75) is 27.2 Å². The summed E-state index contributed by atoms with van der Waals surface area (Å²) in [6.45, 7) is 6.03. The van der Waals surface area contributed by atoms with Crippen LogP contribution in [0.2, 0.25) is 5.02 Å². The van der Waals surface area contributed by atoms with Crippen molar-refractivity contribution in [1.82, 2.24) is 0 Å². The van der Waals surface area contributed by atoms with Gasteiger partial charge in [0.2, 0.25) is 0 Å². The fourth-order valence-corrected chi connectivity index (χ4v) is 2.57. The number of hydrogen-bond donors (Lipinski definition) is 0. The number of hydrogen-bond acceptors (Lipinski definition) is 1. The molecular formula is C17H17ClO. The van der Waals surface area contributed by atoms with Gasteiger partial charge in [-0.2, -0.15) is 0 Å². The second kappa shape index (κ2) is 5.58. The van der Waals surface area contributed by atoms with Crippen molar-refractivity contribution in [3.05, 3.63) is 69.2 Å². The van der Waals surface area contributed by atoms with Gasteiger partial charge in [-0.1, -0.05) is 35.9 Å². The lowest BCUT2D eigenvalue weighted by molar-refractivity contribution is 0.0992. The first-order chi connectivity index (χ1) is 8.99. The van der Waals surface area contributed by atoms with E-state index in [1.165, 1.54) is 0 Å². The maximum absolute atomic E-state index is 12.4. The lowest BCUT2D eigenvalue weighted by Gasteiger charge is -2.10. The number of halogens is 1. The molecule has 0 spiro atoms. The highest BCUT2D eigenvalue weighted by atomic mass is 35.5. The number of benzene rings is 2. The Kier molecular flexibility index (Phi) is 4.06. The summed E-state index contributed by atoms with van der Waals surface area (Å²) in [6.07, 6.45) is 0.404. The molecule has 0 N–H and O–H groups in total. The van der Waals surface area contributed by atoms with E-state index in [4.69, 9.17) is 11.6 Å². The van der Waals surface area contributed by atoms with Crippen LogP contribution in [0, 0.1) is 20.8 Å². The summed E-state index contributed by atoms with van der Waals surface area (Å²) in [7, 11) is 0. The van der Waals surface area contributed by atoms with Crippen LogP contribution in [0.3, 0.4) is 0 Å². The van der Waals surface area contributed by atoms with Gasteiger partial charge in [-0.3, -0.25) is 4.79 Å². The number of carbonyl (C=O) groups excluding carboxylic acids is 1. The molecule has 0 amide bonds. The first-order valence-corrected chi connectivity index (χ1v) is 6.71. The average Bonchev–Trinajstić information content (AvgIpc) is 2.33. The van der Waals surface area contributed by atoms with Gasteiger partial charge >= 0.3 is 0 Å². The van der Waals surface area contributed by atoms with Gasteiger partial charge in [0.25, 0.3) is 0 Å². The van der Waals surface area contributed by atoms with Crippen molar-refractivity contribution in [3.8, 4) is 0 Å². The largest absolute Gasteiger partial charge is 0.294 e. The quantitative estimate of drug-likeness (QED) is 0.741. The fraction of sp³-hybridized carbons (Fsp3) is 0.235. The van der Waals surface area contributed by atoms with Gasteiger partial charge in [0.1, 0.15) is 0 Å². The van der Waals surface area contributed by atoms with Gasteiger partial charge in [-0.05, 0) is 55.2 Å². The smallest absolute Gasteiger partial charge is 0.168 e. The molecule has 0 bridgehead atoms. The molecule has 2 aromatic rings. The van der Waals surface area contributed by atoms with E-state index in [2.05, 4.69) is 0 Å². The molecule has 19 heavy (non-hydrogen) atoms. The molecule has 0 aliphatic carbocycles. The van der Waals surface area contributed by atoms with E-state index in [0.717, 1.165) is 22.3 Å². The van der Waals surface area contributed by atoms with E-state index in [1.807, 2.05) is 57.2 Å². The highest BCUT2D eigenvalue weighted by molar-refractivity contribution is 6.34. The zero-order chi connectivity index (χ0) is 14.0. The standard InChI is InChI=1S/C17H17ClO/c1-11-7-8-14(16(18)9-11)17(19)10-15-12(2)5-4-6-13(15)3/h4-9H,10H2,1-3H3. The van der Waals surface area contributed by atoms with Crippen LogP contribution in [0.5, 0.6) is 0 Å². The molecule has 0 aliphatic heterocycles. The number of Topliss-reactive ketones (excluding diaryl/α,β-unsaturated/α-hetero) is 1. The van der Waals surface area contributed by atoms with Crippen molar-refractivity contribution in [2.75, 3.05) is 0 Å². The van der Waals surface area contributed by atoms with Crippen LogP contribution in [0.15, 0.2) is 36.4 Å². The van der Waals surface area contributed by atoms with Crippen molar-refractivity contribution in [2.24, 2.45) is 0 Å². The van der Waals surface area contributed by atoms with Crippen molar-refractivity contribution in [3.63, 3.8) is 0 Å². The zero-order valence-corrected chi connectivity index (χ0v) is 12.2. The number of rotatable bonds is 3. The third kappa shape index (κ3) is 3.05. The van der Waals surface area contributed by atoms with Crippen molar-refractivity contribution < 1.29 is 4.79 Å². The molecule has 0 saturated heterocycles. The Morgan fingerprint density at radius 1 is 1.05 bits per heavy atom. The van der Waals surface area contributed by atoms with E-state index in [0.29, 0.717) is 17.0 Å². The van der Waals surface area contributed by atoms with Crippen molar-refractivity contribution in [1.29, 1.82) is 0 Å². The third-order valence-electron chi connectivity index (χ3n) is 3.41. The van der Waals surface area contributed by atoms with E-state index in [-0.39, 0.29) is 5.78 Å². The van der Waals surface area contributed by atoms with E-state index < -0.39 is 0 Å². The minimum absolute atomic E-state index is 0.0717. The van der Waals surface area contributed by atoms with E-state index >= 15 is 0 Å². The molecule has 2 aromatic carbocycles. The molecule has 1 nitrogen and oxygen atoms in total. The van der Waals surface area contributed by atoms with Crippen LogP contribution < -0.4 is 0 Å². The molecule has 0 aromatic heterocycles. The molecule has 0 unspecified atom stereocenters. The summed E-state index contributed by atoms with van der Waals surface area (Å²) >= 11 is 6.15. The summed E-state index contributed by atoms with van der Waals surface area (Å²) in [6, 6.07) is 11.6. The van der Waals surface area contributed by atoms with E-state index in [9.17, 15) is 4.79 Å². The molecular weight excluding hydrogens is 256 g/mol. The number of aryl methyl sites for hydroxylation is 3. The Morgan fingerprint density at radius 2 is 1.68 bits per heavy atom. The number of ketones is 1.